The van der Waals surface area contributed by atoms with E-state index in [4.69, 9.17) is 30.8 Å². The molecular formula is C2H13B2NaO7. The topological polar surface area (TPSA) is 131 Å². The van der Waals surface area contributed by atoms with Gasteiger partial charge in [0.05, 0.1) is 0 Å². The van der Waals surface area contributed by atoms with Crippen LogP contribution in [0, 0.1) is 0 Å². The van der Waals surface area contributed by atoms with Gasteiger partial charge in [-0.3, -0.25) is 20.6 Å². The maximum absolute atomic E-state index is 7.89. The summed E-state index contributed by atoms with van der Waals surface area (Å²) in [7, 11) is -1.06. The summed E-state index contributed by atoms with van der Waals surface area (Å²) in [5.41, 5.74) is 0. The van der Waals surface area contributed by atoms with Gasteiger partial charge >= 0.3 is 36.7 Å². The molecule has 12 heavy (non-hydrogen) atoms. The van der Waals surface area contributed by atoms with Crippen molar-refractivity contribution < 1.29 is 65.2 Å². The van der Waals surface area contributed by atoms with E-state index < -0.39 is 7.12 Å². The summed E-state index contributed by atoms with van der Waals surface area (Å²) in [5, 5.41) is 41.3. The van der Waals surface area contributed by atoms with E-state index in [2.05, 4.69) is 4.81 Å². The number of rotatable bonds is 1. The molecular weight excluding hydrogens is 181 g/mol. The molecule has 0 aliphatic rings. The van der Waals surface area contributed by atoms with Crippen molar-refractivity contribution in [3.63, 3.8) is 0 Å². The molecule has 0 atom stereocenters. The van der Waals surface area contributed by atoms with Gasteiger partial charge in [-0.2, -0.15) is 0 Å². The molecule has 0 saturated carbocycles. The van der Waals surface area contributed by atoms with Crippen molar-refractivity contribution in [2.75, 3.05) is 0 Å². The molecule has 2 radical (unpaired) electrons. The Morgan fingerprint density at radius 1 is 1.25 bits per heavy atom. The fourth-order valence-corrected chi connectivity index (χ4v) is 0. The average Bonchev–Trinajstić information content (AvgIpc) is 1.94. The van der Waals surface area contributed by atoms with Crippen LogP contribution in [0.4, 0.5) is 0 Å². The van der Waals surface area contributed by atoms with Crippen molar-refractivity contribution in [3.05, 3.63) is 0 Å². The van der Waals surface area contributed by atoms with E-state index in [-0.39, 0.29) is 44.7 Å². The fraction of sp³-hybridized carbons (Fsp3) is 1.00. The first-order valence-electron chi connectivity index (χ1n) is 1.97. The first-order valence-corrected chi connectivity index (χ1v) is 1.97. The minimum Gasteiger partial charge on any atom is -0.639 e. The molecule has 10 heteroatoms. The monoisotopic (exact) mass is 194 g/mol. The molecule has 0 spiro atoms. The van der Waals surface area contributed by atoms with Crippen LogP contribution in [0.1, 0.15) is 7.43 Å². The number of hydrogen-bond acceptors (Lipinski definition) is 7. The largest absolute Gasteiger partial charge is 1.00 e. The van der Waals surface area contributed by atoms with Crippen LogP contribution in [0.5, 0.6) is 0 Å². The van der Waals surface area contributed by atoms with Crippen LogP contribution in [0.2, 0.25) is 6.82 Å². The molecule has 6 N–H and O–H groups in total. The second kappa shape index (κ2) is 40.8. The summed E-state index contributed by atoms with van der Waals surface area (Å²) < 4.78 is 0. The van der Waals surface area contributed by atoms with Crippen molar-refractivity contribution in [3.8, 4) is 0 Å². The van der Waals surface area contributed by atoms with E-state index in [1.807, 2.05) is 0 Å². The SMILES string of the molecule is C.CB(O)OO.OO.O[B-]O.[Na+]. The molecule has 0 aliphatic carbocycles. The molecule has 0 fully saturated rings. The summed E-state index contributed by atoms with van der Waals surface area (Å²) in [4.78, 5) is 3.31. The molecule has 0 unspecified atom stereocenters. The van der Waals surface area contributed by atoms with Gasteiger partial charge < -0.3 is 15.1 Å². The van der Waals surface area contributed by atoms with Crippen molar-refractivity contribution in [2.45, 2.75) is 14.2 Å². The summed E-state index contributed by atoms with van der Waals surface area (Å²) in [6.07, 6.45) is 0. The van der Waals surface area contributed by atoms with Crippen molar-refractivity contribution in [1.29, 1.82) is 0 Å². The van der Waals surface area contributed by atoms with E-state index in [1.54, 1.807) is 0 Å². The smallest absolute Gasteiger partial charge is 0.639 e. The van der Waals surface area contributed by atoms with Crippen LogP contribution in [0.15, 0.2) is 0 Å². The molecule has 70 valence electrons. The molecule has 0 aromatic rings. The third-order valence-electron chi connectivity index (χ3n) is 0.153. The fourth-order valence-electron chi connectivity index (χ4n) is 0. The van der Waals surface area contributed by atoms with Gasteiger partial charge in [-0.25, -0.2) is 0 Å². The predicted molar refractivity (Wildman–Crippen MR) is 39.7 cm³/mol. The molecule has 0 saturated heterocycles. The molecule has 0 aromatic heterocycles. The zero-order valence-corrected chi connectivity index (χ0v) is 8.25. The minimum atomic E-state index is -1.06. The van der Waals surface area contributed by atoms with Gasteiger partial charge in [0, 0.05) is 0 Å². The van der Waals surface area contributed by atoms with Crippen LogP contribution in [-0.4, -0.2) is 45.6 Å². The first kappa shape index (κ1) is 29.3. The maximum Gasteiger partial charge on any atom is 1.00 e. The van der Waals surface area contributed by atoms with Gasteiger partial charge in [-0.1, -0.05) is 7.43 Å². The zero-order chi connectivity index (χ0) is 8.99. The van der Waals surface area contributed by atoms with Crippen molar-refractivity contribution in [2.24, 2.45) is 0 Å². The van der Waals surface area contributed by atoms with E-state index in [1.165, 1.54) is 6.82 Å². The van der Waals surface area contributed by atoms with Gasteiger partial charge in [-0.15, -0.1) is 0 Å². The van der Waals surface area contributed by atoms with Crippen LogP contribution in [0.25, 0.3) is 0 Å². The van der Waals surface area contributed by atoms with Gasteiger partial charge in [0.25, 0.3) is 0 Å². The second-order valence-corrected chi connectivity index (χ2v) is 0.820. The van der Waals surface area contributed by atoms with Crippen LogP contribution in [-0.2, 0) is 4.81 Å². The summed E-state index contributed by atoms with van der Waals surface area (Å²) in [5.74, 6) is 0. The quantitative estimate of drug-likeness (QED) is 0.141. The van der Waals surface area contributed by atoms with Gasteiger partial charge in [0.15, 0.2) is 0 Å². The summed E-state index contributed by atoms with van der Waals surface area (Å²) in [6.45, 7) is 1.31. The third-order valence-corrected chi connectivity index (χ3v) is 0.153. The second-order valence-electron chi connectivity index (χ2n) is 0.820. The van der Waals surface area contributed by atoms with Crippen molar-refractivity contribution >= 4 is 14.8 Å². The molecule has 0 aliphatic heterocycles. The van der Waals surface area contributed by atoms with E-state index in [0.717, 1.165) is 0 Å². The Kier molecular flexibility index (Phi) is 99.5. The molecule has 0 rings (SSSR count). The van der Waals surface area contributed by atoms with Gasteiger partial charge in [-0.05, 0) is 14.5 Å². The van der Waals surface area contributed by atoms with Crippen molar-refractivity contribution in [1.82, 2.24) is 0 Å². The minimum absolute atomic E-state index is 0. The standard InChI is InChI=1S/CH5BO3.CH4.BH2O2.Na.H2O2/c1-2(3)5-4;;2-1-3;;1-2/h3-4H,1H3;1H4;2-3H;;1-2H/q;;-1;+1;. The Morgan fingerprint density at radius 3 is 1.33 bits per heavy atom. The third kappa shape index (κ3) is 130. The Morgan fingerprint density at radius 2 is 1.33 bits per heavy atom. The Labute approximate surface area is 94.2 Å². The number of hydrogen-bond donors (Lipinski definition) is 6. The Bertz CT molecular complexity index is 40.6. The molecule has 0 bridgehead atoms. The van der Waals surface area contributed by atoms with E-state index in [0.29, 0.717) is 0 Å². The van der Waals surface area contributed by atoms with Crippen LogP contribution < -0.4 is 29.6 Å². The summed E-state index contributed by atoms with van der Waals surface area (Å²) >= 11 is 0. The van der Waals surface area contributed by atoms with Crippen LogP contribution >= 0.6 is 0 Å². The van der Waals surface area contributed by atoms with Crippen LogP contribution in [0.3, 0.4) is 0 Å². The van der Waals surface area contributed by atoms with E-state index >= 15 is 0 Å². The van der Waals surface area contributed by atoms with Gasteiger partial charge in [0.2, 0.25) is 0 Å². The first-order chi connectivity index (χ1) is 4.68. The Hall–Kier alpha value is 0.850. The predicted octanol–water partition coefficient (Wildman–Crippen LogP) is -4.25. The zero-order valence-electron chi connectivity index (χ0n) is 6.25. The Balaban J connectivity index is -0.0000000209. The molecule has 0 heterocycles. The van der Waals surface area contributed by atoms with E-state index in [9.17, 15) is 0 Å². The maximum atomic E-state index is 7.89. The normalized spacial score (nSPS) is 5.25. The molecule has 7 nitrogen and oxygen atoms in total. The molecule has 0 amide bonds. The molecule has 0 aromatic carbocycles. The van der Waals surface area contributed by atoms with Gasteiger partial charge in [0.1, 0.15) is 0 Å². The summed E-state index contributed by atoms with van der Waals surface area (Å²) in [6, 6.07) is 0. The average molecular weight is 194 g/mol.